The van der Waals surface area contributed by atoms with E-state index in [1.54, 1.807) is 31.2 Å². The number of amides is 1. The summed E-state index contributed by atoms with van der Waals surface area (Å²) >= 11 is 0. The number of fused-ring (bicyclic) bond motifs is 2. The Morgan fingerprint density at radius 3 is 1.78 bits per heavy atom. The molecule has 0 aliphatic carbocycles. The number of nitrogens with zero attached hydrogens (tertiary/aromatic N) is 5. The van der Waals surface area contributed by atoms with E-state index in [0.29, 0.717) is 142 Å². The molecular formula is C32H51BF2N6O9. The van der Waals surface area contributed by atoms with Gasteiger partial charge < -0.3 is 60.8 Å². The van der Waals surface area contributed by atoms with Gasteiger partial charge in [-0.15, -0.1) is 0 Å². The average Bonchev–Trinajstić information content (AvgIpc) is 3.65. The molecule has 0 atom stereocenters. The summed E-state index contributed by atoms with van der Waals surface area (Å²) in [5, 5.41) is 6.14. The van der Waals surface area contributed by atoms with Gasteiger partial charge in [0.2, 0.25) is 5.91 Å². The summed E-state index contributed by atoms with van der Waals surface area (Å²) in [6, 6.07) is 1.77. The molecule has 1 N–H and O–H groups in total. The molecule has 3 rings (SSSR count). The lowest BCUT2D eigenvalue weighted by molar-refractivity contribution is -0.362. The van der Waals surface area contributed by atoms with Gasteiger partial charge in [0, 0.05) is 54.8 Å². The van der Waals surface area contributed by atoms with Gasteiger partial charge in [-0.05, 0) is 36.7 Å². The Kier molecular flexibility index (Phi) is 19.9. The smallest absolute Gasteiger partial charge is 0.394 e. The lowest BCUT2D eigenvalue weighted by Gasteiger charge is -2.30. The molecule has 0 saturated carbocycles. The van der Waals surface area contributed by atoms with Crippen molar-refractivity contribution in [3.05, 3.63) is 51.3 Å². The number of allylic oxidation sites excluding steroid dienone is 2. The van der Waals surface area contributed by atoms with Gasteiger partial charge in [-0.2, -0.15) is 0 Å². The third-order valence-corrected chi connectivity index (χ3v) is 7.59. The molecule has 280 valence electrons. The number of hydrogen-bond donors (Lipinski definition) is 1. The third-order valence-electron chi connectivity index (χ3n) is 7.59. The van der Waals surface area contributed by atoms with Crippen LogP contribution in [-0.4, -0.2) is 146 Å². The van der Waals surface area contributed by atoms with E-state index in [1.807, 2.05) is 6.92 Å². The lowest BCUT2D eigenvalue weighted by Crippen LogP contribution is -2.50. The molecule has 50 heavy (non-hydrogen) atoms. The van der Waals surface area contributed by atoms with Crippen molar-refractivity contribution in [2.75, 3.05) is 119 Å². The highest BCUT2D eigenvalue weighted by atomic mass is 19.2. The van der Waals surface area contributed by atoms with Crippen molar-refractivity contribution >= 4 is 24.7 Å². The number of carbonyl (C=O) groups is 1. The largest absolute Gasteiger partial charge is 0.737 e. The van der Waals surface area contributed by atoms with Gasteiger partial charge in [-0.3, -0.25) is 4.79 Å². The predicted molar refractivity (Wildman–Crippen MR) is 182 cm³/mol. The number of aryl methyl sites for hydroxylation is 2. The number of ether oxygens (including phenoxy) is 8. The first-order valence-corrected chi connectivity index (χ1v) is 17.0. The van der Waals surface area contributed by atoms with Crippen molar-refractivity contribution in [2.24, 2.45) is 5.11 Å². The first-order chi connectivity index (χ1) is 24.4. The molecule has 0 spiro atoms. The summed E-state index contributed by atoms with van der Waals surface area (Å²) in [6.07, 6.45) is 5.44. The van der Waals surface area contributed by atoms with Crippen molar-refractivity contribution < 1.29 is 55.8 Å². The van der Waals surface area contributed by atoms with Gasteiger partial charge in [-0.25, -0.2) is 0 Å². The van der Waals surface area contributed by atoms with Gasteiger partial charge in [0.05, 0.1) is 106 Å². The first-order valence-electron chi connectivity index (χ1n) is 17.0. The monoisotopic (exact) mass is 712 g/mol. The Labute approximate surface area is 292 Å². The lowest BCUT2D eigenvalue weighted by atomic mass is 9.90. The fourth-order valence-electron chi connectivity index (χ4n) is 5.28. The molecule has 18 heteroatoms. The summed E-state index contributed by atoms with van der Waals surface area (Å²) in [5.74, 6) is -0.220. The molecule has 2 aliphatic heterocycles. The van der Waals surface area contributed by atoms with E-state index in [0.717, 1.165) is 14.5 Å². The summed E-state index contributed by atoms with van der Waals surface area (Å²) < 4.78 is 76.5. The van der Waals surface area contributed by atoms with Crippen LogP contribution in [0.1, 0.15) is 29.8 Å². The van der Waals surface area contributed by atoms with E-state index >= 15 is 8.63 Å². The Morgan fingerprint density at radius 2 is 1.28 bits per heavy atom. The van der Waals surface area contributed by atoms with Crippen molar-refractivity contribution in [2.45, 2.75) is 26.7 Å². The maximum absolute atomic E-state index is 15.5. The zero-order chi connectivity index (χ0) is 35.9. The minimum absolute atomic E-state index is 0.101. The average molecular weight is 713 g/mol. The van der Waals surface area contributed by atoms with Crippen molar-refractivity contribution in [3.8, 4) is 0 Å². The number of aromatic nitrogens is 1. The molecule has 0 aromatic carbocycles. The van der Waals surface area contributed by atoms with Gasteiger partial charge in [0.1, 0.15) is 5.71 Å². The molecule has 1 amide bonds. The summed E-state index contributed by atoms with van der Waals surface area (Å²) in [6.45, 7) is 7.05. The molecule has 0 unspecified atom stereocenters. The maximum Gasteiger partial charge on any atom is 0.737 e. The standard InChI is InChI=1S/C32H51BF2N6O9/c1-27-25-28(2)40-31(27)26-30-4-3-29(41(30)33(40,34)35)5-6-32(42)37-7-9-43-11-13-45-15-17-47-19-21-49-23-24-50-22-20-48-18-16-46-14-12-44-10-8-38-39-36/h3-4,25-26H,5-24H2,1-2H3,(H,37,42). The topological polar surface area (TPSA) is 160 Å². The number of carbonyl (C=O) groups excluding carboxylic acids is 1. The minimum Gasteiger partial charge on any atom is -0.394 e. The van der Waals surface area contributed by atoms with E-state index < -0.39 is 6.97 Å². The second-order valence-electron chi connectivity index (χ2n) is 11.3. The molecular weight excluding hydrogens is 661 g/mol. The summed E-state index contributed by atoms with van der Waals surface area (Å²) in [7, 11) is 0. The number of nitrogens with one attached hydrogen (secondary N) is 1. The Hall–Kier alpha value is -3.19. The number of azide groups is 1. The van der Waals surface area contributed by atoms with Crippen LogP contribution in [0.15, 0.2) is 29.0 Å². The van der Waals surface area contributed by atoms with E-state index in [4.69, 9.17) is 43.4 Å². The zero-order valence-electron chi connectivity index (χ0n) is 29.2. The maximum atomic E-state index is 15.5. The van der Waals surface area contributed by atoms with Crippen LogP contribution >= 0.6 is 0 Å². The first kappa shape index (κ1) is 41.2. The number of rotatable bonds is 30. The van der Waals surface area contributed by atoms with Crippen LogP contribution in [0.2, 0.25) is 0 Å². The van der Waals surface area contributed by atoms with Crippen LogP contribution in [0.25, 0.3) is 16.5 Å². The molecule has 2 aliphatic rings. The van der Waals surface area contributed by atoms with Crippen LogP contribution in [0.3, 0.4) is 0 Å². The molecule has 0 bridgehead atoms. The van der Waals surface area contributed by atoms with Crippen LogP contribution in [0.5, 0.6) is 0 Å². The van der Waals surface area contributed by atoms with Crippen LogP contribution in [0.4, 0.5) is 8.63 Å². The summed E-state index contributed by atoms with van der Waals surface area (Å²) in [4.78, 5) is 15.0. The quantitative estimate of drug-likeness (QED) is 0.0416. The second-order valence-corrected chi connectivity index (χ2v) is 11.3. The number of hydrogen-bond acceptors (Lipinski definition) is 10. The van der Waals surface area contributed by atoms with Crippen LogP contribution in [0, 0.1) is 13.8 Å². The second kappa shape index (κ2) is 24.1. The van der Waals surface area contributed by atoms with Gasteiger partial charge >= 0.3 is 6.97 Å². The SMILES string of the molecule is Cc1cc(C)n2c1C=C1C=CC(CCC(=O)NCCOCCOCCOCCOCCOCCOCCOCCOCCN=[N+]=[N-])=[N+]1[B-]2(F)F. The van der Waals surface area contributed by atoms with Crippen molar-refractivity contribution in [1.82, 2.24) is 9.79 Å². The van der Waals surface area contributed by atoms with Gasteiger partial charge in [0.25, 0.3) is 0 Å². The van der Waals surface area contributed by atoms with E-state index in [1.165, 1.54) is 0 Å². The Morgan fingerprint density at radius 1 is 0.800 bits per heavy atom. The molecule has 0 saturated heterocycles. The molecule has 0 radical (unpaired) electrons. The fraction of sp³-hybridized carbons (Fsp3) is 0.688. The van der Waals surface area contributed by atoms with Crippen LogP contribution in [-0.2, 0) is 42.7 Å². The molecule has 1 aromatic rings. The summed E-state index contributed by atoms with van der Waals surface area (Å²) in [5.41, 5.74) is 10.9. The van der Waals surface area contributed by atoms with Gasteiger partial charge in [-0.1, -0.05) is 5.11 Å². The third kappa shape index (κ3) is 14.6. The normalized spacial score (nSPS) is 14.4. The minimum atomic E-state index is -4.03. The highest BCUT2D eigenvalue weighted by molar-refractivity contribution is 6.58. The molecule has 1 aromatic heterocycles. The van der Waals surface area contributed by atoms with Crippen molar-refractivity contribution in [1.29, 1.82) is 0 Å². The zero-order valence-corrected chi connectivity index (χ0v) is 29.2. The highest BCUT2D eigenvalue weighted by Crippen LogP contribution is 2.34. The highest BCUT2D eigenvalue weighted by Gasteiger charge is 2.52. The predicted octanol–water partition coefficient (Wildman–Crippen LogP) is 3.04. The molecule has 3 heterocycles. The fourth-order valence-corrected chi connectivity index (χ4v) is 5.28. The van der Waals surface area contributed by atoms with Crippen LogP contribution < -0.4 is 5.32 Å². The van der Waals surface area contributed by atoms with E-state index in [9.17, 15) is 4.79 Å². The Balaban J connectivity index is 1.04. The van der Waals surface area contributed by atoms with E-state index in [2.05, 4.69) is 15.3 Å². The van der Waals surface area contributed by atoms with E-state index in [-0.39, 0.29) is 18.7 Å². The molecule has 0 fully saturated rings. The Bertz CT molecular complexity index is 1320. The number of halogens is 2. The molecule has 15 nitrogen and oxygen atoms in total. The van der Waals surface area contributed by atoms with Gasteiger partial charge in [0.15, 0.2) is 5.70 Å². The van der Waals surface area contributed by atoms with Crippen molar-refractivity contribution in [3.63, 3.8) is 0 Å².